The molecule has 1 fully saturated rings. The van der Waals surface area contributed by atoms with Crippen LogP contribution in [-0.4, -0.2) is 56.3 Å². The van der Waals surface area contributed by atoms with Crippen molar-refractivity contribution in [3.8, 4) is 0 Å². The van der Waals surface area contributed by atoms with E-state index in [0.717, 1.165) is 22.9 Å². The summed E-state index contributed by atoms with van der Waals surface area (Å²) in [5.74, 6) is 1.56. The first-order chi connectivity index (χ1) is 12.8. The number of thiophene rings is 1. The Morgan fingerprint density at radius 3 is 2.52 bits per heavy atom. The van der Waals surface area contributed by atoms with Crippen molar-refractivity contribution in [3.05, 3.63) is 40.1 Å². The summed E-state index contributed by atoms with van der Waals surface area (Å²) < 4.78 is 32.8. The predicted molar refractivity (Wildman–Crippen MR) is 105 cm³/mol. The smallest absolute Gasteiger partial charge is 0.252 e. The van der Waals surface area contributed by atoms with Gasteiger partial charge in [-0.3, -0.25) is 10.1 Å². The molecule has 1 amide bonds. The molecule has 0 radical (unpaired) electrons. The second-order valence-corrected chi connectivity index (χ2v) is 10.3. The van der Waals surface area contributed by atoms with Gasteiger partial charge < -0.3 is 9.32 Å². The predicted octanol–water partition coefficient (Wildman–Crippen LogP) is 2.49. The van der Waals surface area contributed by atoms with Crippen LogP contribution in [0, 0.1) is 6.92 Å². The van der Waals surface area contributed by atoms with Crippen LogP contribution in [0.1, 0.15) is 24.5 Å². The van der Waals surface area contributed by atoms with Crippen LogP contribution in [0.25, 0.3) is 0 Å². The Hall–Kier alpha value is -1.39. The summed E-state index contributed by atoms with van der Waals surface area (Å²) in [7, 11) is -3.55. The summed E-state index contributed by atoms with van der Waals surface area (Å²) in [6.45, 7) is 5.27. The monoisotopic (exact) mass is 431 g/mol. The highest BCUT2D eigenvalue weighted by Gasteiger charge is 2.31. The van der Waals surface area contributed by atoms with E-state index in [-0.39, 0.29) is 35.8 Å². The zero-order chi connectivity index (χ0) is 19.6. The number of piperazine rings is 1. The molecule has 0 aromatic carbocycles. The van der Waals surface area contributed by atoms with E-state index in [4.69, 9.17) is 16.0 Å². The standard InChI is InChI=1S/C17H22ClN3O4S2/c1-12-3-4-14(25-12)13(2)19-11-16(22)20-7-9-21(10-8-20)27(23,24)17-6-5-15(18)26-17/h3-6,13,19H,7-11H2,1-2H3. The Balaban J connectivity index is 1.50. The highest BCUT2D eigenvalue weighted by atomic mass is 35.5. The Morgan fingerprint density at radius 2 is 1.96 bits per heavy atom. The molecule has 2 aromatic rings. The van der Waals surface area contributed by atoms with E-state index in [2.05, 4.69) is 5.32 Å². The molecular formula is C17H22ClN3O4S2. The minimum atomic E-state index is -3.55. The van der Waals surface area contributed by atoms with E-state index in [1.165, 1.54) is 10.4 Å². The fourth-order valence-corrected chi connectivity index (χ4v) is 5.94. The maximum absolute atomic E-state index is 12.6. The third-order valence-corrected chi connectivity index (χ3v) is 8.08. The van der Waals surface area contributed by atoms with Crippen molar-refractivity contribution < 1.29 is 17.6 Å². The molecule has 3 heterocycles. The van der Waals surface area contributed by atoms with Gasteiger partial charge in [-0.25, -0.2) is 8.42 Å². The number of aryl methyl sites for hydroxylation is 1. The number of nitrogens with one attached hydrogen (secondary N) is 1. The minimum absolute atomic E-state index is 0.0543. The zero-order valence-corrected chi connectivity index (χ0v) is 17.5. The number of amides is 1. The van der Waals surface area contributed by atoms with Gasteiger partial charge in [-0.15, -0.1) is 11.3 Å². The van der Waals surface area contributed by atoms with E-state index < -0.39 is 10.0 Å². The summed E-state index contributed by atoms with van der Waals surface area (Å²) in [5.41, 5.74) is 0. The van der Waals surface area contributed by atoms with Crippen molar-refractivity contribution >= 4 is 38.9 Å². The SMILES string of the molecule is Cc1ccc(C(C)NCC(=O)N2CCN(S(=O)(=O)c3ccc(Cl)s3)CC2)o1. The second-order valence-electron chi connectivity index (χ2n) is 6.39. The van der Waals surface area contributed by atoms with E-state index >= 15 is 0 Å². The third kappa shape index (κ3) is 4.72. The molecular weight excluding hydrogens is 410 g/mol. The van der Waals surface area contributed by atoms with Gasteiger partial charge in [0.05, 0.1) is 16.9 Å². The Morgan fingerprint density at radius 1 is 1.26 bits per heavy atom. The van der Waals surface area contributed by atoms with Gasteiger partial charge in [0.1, 0.15) is 15.7 Å². The Labute approximate surface area is 167 Å². The van der Waals surface area contributed by atoms with Crippen LogP contribution < -0.4 is 5.32 Å². The molecule has 1 N–H and O–H groups in total. The lowest BCUT2D eigenvalue weighted by Crippen LogP contribution is -2.52. The molecule has 2 aromatic heterocycles. The zero-order valence-electron chi connectivity index (χ0n) is 15.1. The molecule has 3 rings (SSSR count). The second kappa shape index (κ2) is 8.32. The molecule has 0 aliphatic carbocycles. The summed E-state index contributed by atoms with van der Waals surface area (Å²) in [4.78, 5) is 14.1. The molecule has 1 aliphatic heterocycles. The molecule has 1 atom stereocenters. The Kier molecular flexibility index (Phi) is 6.27. The van der Waals surface area contributed by atoms with Crippen molar-refractivity contribution in [1.82, 2.24) is 14.5 Å². The maximum atomic E-state index is 12.6. The van der Waals surface area contributed by atoms with Crippen molar-refractivity contribution in [2.24, 2.45) is 0 Å². The lowest BCUT2D eigenvalue weighted by Gasteiger charge is -2.34. The summed E-state index contributed by atoms with van der Waals surface area (Å²) in [5, 5.41) is 3.15. The normalized spacial score (nSPS) is 17.2. The van der Waals surface area contributed by atoms with Gasteiger partial charge in [0.2, 0.25) is 5.91 Å². The average molecular weight is 432 g/mol. The molecule has 0 spiro atoms. The molecule has 27 heavy (non-hydrogen) atoms. The van der Waals surface area contributed by atoms with E-state index in [0.29, 0.717) is 17.4 Å². The van der Waals surface area contributed by atoms with Crippen molar-refractivity contribution in [2.75, 3.05) is 32.7 Å². The average Bonchev–Trinajstić information content (AvgIpc) is 3.28. The van der Waals surface area contributed by atoms with Gasteiger partial charge in [0.15, 0.2) is 0 Å². The van der Waals surface area contributed by atoms with Gasteiger partial charge in [0, 0.05) is 26.2 Å². The van der Waals surface area contributed by atoms with Crippen molar-refractivity contribution in [2.45, 2.75) is 24.1 Å². The van der Waals surface area contributed by atoms with Crippen molar-refractivity contribution in [3.63, 3.8) is 0 Å². The van der Waals surface area contributed by atoms with Crippen LogP contribution >= 0.6 is 22.9 Å². The summed E-state index contributed by atoms with van der Waals surface area (Å²) >= 11 is 6.89. The molecule has 7 nitrogen and oxygen atoms in total. The van der Waals surface area contributed by atoms with Crippen LogP contribution in [0.2, 0.25) is 4.34 Å². The fourth-order valence-electron chi connectivity index (χ4n) is 2.88. The molecule has 1 saturated heterocycles. The number of carbonyl (C=O) groups is 1. The van der Waals surface area contributed by atoms with Gasteiger partial charge >= 0.3 is 0 Å². The first kappa shape index (κ1) is 20.3. The number of carbonyl (C=O) groups excluding carboxylic acids is 1. The number of hydrogen-bond donors (Lipinski definition) is 1. The number of halogens is 1. The maximum Gasteiger partial charge on any atom is 0.252 e. The molecule has 1 aliphatic rings. The van der Waals surface area contributed by atoms with E-state index in [9.17, 15) is 13.2 Å². The van der Waals surface area contributed by atoms with Gasteiger partial charge in [-0.05, 0) is 38.1 Å². The first-order valence-corrected chi connectivity index (χ1v) is 11.2. The minimum Gasteiger partial charge on any atom is -0.465 e. The van der Waals surface area contributed by atoms with E-state index in [1.54, 1.807) is 11.0 Å². The van der Waals surface area contributed by atoms with Crippen LogP contribution in [-0.2, 0) is 14.8 Å². The molecule has 1 unspecified atom stereocenters. The number of furan rings is 1. The fraction of sp³-hybridized carbons (Fsp3) is 0.471. The summed E-state index contributed by atoms with van der Waals surface area (Å²) in [6, 6.07) is 6.79. The quantitative estimate of drug-likeness (QED) is 0.759. The highest BCUT2D eigenvalue weighted by Crippen LogP contribution is 2.28. The molecule has 0 saturated carbocycles. The summed E-state index contributed by atoms with van der Waals surface area (Å²) in [6.07, 6.45) is 0. The van der Waals surface area contributed by atoms with Gasteiger partial charge in [-0.2, -0.15) is 4.31 Å². The third-order valence-electron chi connectivity index (χ3n) is 4.48. The van der Waals surface area contributed by atoms with Crippen LogP contribution in [0.5, 0.6) is 0 Å². The first-order valence-electron chi connectivity index (χ1n) is 8.60. The lowest BCUT2D eigenvalue weighted by atomic mass is 10.2. The number of hydrogen-bond acceptors (Lipinski definition) is 6. The van der Waals surface area contributed by atoms with Crippen LogP contribution in [0.3, 0.4) is 0 Å². The van der Waals surface area contributed by atoms with Gasteiger partial charge in [0.25, 0.3) is 10.0 Å². The largest absolute Gasteiger partial charge is 0.465 e. The lowest BCUT2D eigenvalue weighted by molar-refractivity contribution is -0.131. The van der Waals surface area contributed by atoms with Gasteiger partial charge in [-0.1, -0.05) is 11.6 Å². The molecule has 148 valence electrons. The number of nitrogens with zero attached hydrogens (tertiary/aromatic N) is 2. The van der Waals surface area contributed by atoms with E-state index in [1.807, 2.05) is 26.0 Å². The van der Waals surface area contributed by atoms with Crippen molar-refractivity contribution in [1.29, 1.82) is 0 Å². The molecule has 0 bridgehead atoms. The topological polar surface area (TPSA) is 82.9 Å². The van der Waals surface area contributed by atoms with Crippen LogP contribution in [0.4, 0.5) is 0 Å². The molecule has 10 heteroatoms. The Bertz CT molecular complexity index is 901. The van der Waals surface area contributed by atoms with Crippen LogP contribution in [0.15, 0.2) is 32.9 Å². The number of sulfonamides is 1. The highest BCUT2D eigenvalue weighted by molar-refractivity contribution is 7.91. The number of rotatable bonds is 6.